The second-order valence-corrected chi connectivity index (χ2v) is 7.08. The second kappa shape index (κ2) is 15.8. The summed E-state index contributed by atoms with van der Waals surface area (Å²) in [5.74, 6) is -0.211. The van der Waals surface area contributed by atoms with E-state index in [1.165, 1.54) is 0 Å². The van der Waals surface area contributed by atoms with Crippen LogP contribution in [0, 0.1) is 0 Å². The summed E-state index contributed by atoms with van der Waals surface area (Å²) in [4.78, 5) is 11.3. The van der Waals surface area contributed by atoms with Gasteiger partial charge in [-0.2, -0.15) is 0 Å². The maximum absolute atomic E-state index is 11.3. The molecule has 0 aromatic carbocycles. The van der Waals surface area contributed by atoms with E-state index in [0.717, 1.165) is 32.1 Å². The van der Waals surface area contributed by atoms with Crippen LogP contribution < -0.4 is 29.6 Å². The minimum absolute atomic E-state index is 0. The molecule has 0 spiro atoms. The van der Waals surface area contributed by atoms with Crippen molar-refractivity contribution in [2.24, 2.45) is 0 Å². The van der Waals surface area contributed by atoms with Gasteiger partial charge in [0.2, 0.25) is 0 Å². The number of hydrogen-bond donors (Lipinski definition) is 0. The summed E-state index contributed by atoms with van der Waals surface area (Å²) in [6, 6.07) is 0. The van der Waals surface area contributed by atoms with Crippen LogP contribution in [0.15, 0.2) is 0 Å². The molecule has 0 heterocycles. The minimum atomic E-state index is -4.17. The molecule has 0 bridgehead atoms. The van der Waals surface area contributed by atoms with Gasteiger partial charge >= 0.3 is 35.5 Å². The summed E-state index contributed by atoms with van der Waals surface area (Å²) in [5, 5.41) is -0.742. The average Bonchev–Trinajstić information content (AvgIpc) is 2.44. The van der Waals surface area contributed by atoms with Crippen molar-refractivity contribution in [3.05, 3.63) is 0 Å². The van der Waals surface area contributed by atoms with E-state index in [4.69, 9.17) is 9.47 Å². The predicted octanol–water partition coefficient (Wildman–Crippen LogP) is -0.375. The van der Waals surface area contributed by atoms with Crippen LogP contribution in [0.5, 0.6) is 0 Å². The van der Waals surface area contributed by atoms with E-state index in [1.807, 2.05) is 6.92 Å². The Labute approximate surface area is 162 Å². The number of rotatable bonds is 14. The maximum Gasteiger partial charge on any atom is 1.00 e. The second-order valence-electron chi connectivity index (χ2n) is 5.42. The fourth-order valence-electron chi connectivity index (χ4n) is 2.24. The quantitative estimate of drug-likeness (QED) is 0.182. The Morgan fingerprint density at radius 2 is 1.65 bits per heavy atom. The van der Waals surface area contributed by atoms with E-state index in [0.29, 0.717) is 32.3 Å². The largest absolute Gasteiger partial charge is 1.00 e. The number of carbonyl (C=O) groups excluding carboxylic acids is 1. The van der Waals surface area contributed by atoms with Crippen molar-refractivity contribution in [1.82, 2.24) is 0 Å². The van der Waals surface area contributed by atoms with Crippen molar-refractivity contribution in [3.8, 4) is 0 Å². The first-order valence-electron chi connectivity index (χ1n) is 8.01. The van der Waals surface area contributed by atoms with Crippen molar-refractivity contribution in [2.45, 2.75) is 70.0 Å². The van der Waals surface area contributed by atoms with E-state index in [9.17, 15) is 17.8 Å². The first kappa shape index (κ1) is 25.6. The number of esters is 1. The van der Waals surface area contributed by atoms with E-state index >= 15 is 0 Å². The molecule has 0 fully saturated rings. The molecule has 0 saturated heterocycles. The van der Waals surface area contributed by atoms with Crippen LogP contribution in [0.1, 0.15) is 64.7 Å². The van der Waals surface area contributed by atoms with Gasteiger partial charge in [-0.05, 0) is 19.3 Å². The van der Waals surface area contributed by atoms with Gasteiger partial charge in [0.1, 0.15) is 6.61 Å². The zero-order chi connectivity index (χ0) is 16.8. The van der Waals surface area contributed by atoms with Gasteiger partial charge in [-0.25, -0.2) is 8.42 Å². The van der Waals surface area contributed by atoms with Gasteiger partial charge in [0.25, 0.3) is 0 Å². The molecule has 23 heavy (non-hydrogen) atoms. The molecule has 1 atom stereocenters. The fourth-order valence-corrected chi connectivity index (χ4v) is 3.22. The van der Waals surface area contributed by atoms with Crippen LogP contribution in [-0.4, -0.2) is 44.5 Å². The van der Waals surface area contributed by atoms with Crippen LogP contribution in [0.25, 0.3) is 0 Å². The van der Waals surface area contributed by atoms with Crippen LogP contribution in [0.2, 0.25) is 0 Å². The van der Waals surface area contributed by atoms with Crippen LogP contribution in [0.3, 0.4) is 0 Å². The fraction of sp³-hybridized carbons (Fsp3) is 0.933. The van der Waals surface area contributed by atoms with Gasteiger partial charge in [-0.1, -0.05) is 39.0 Å². The topological polar surface area (TPSA) is 92.7 Å². The Morgan fingerprint density at radius 3 is 2.22 bits per heavy atom. The number of unbranched alkanes of at least 4 members (excludes halogenated alkanes) is 4. The van der Waals surface area contributed by atoms with E-state index in [-0.39, 0.29) is 42.1 Å². The Kier molecular flexibility index (Phi) is 17.6. The Hall–Kier alpha value is 0.340. The van der Waals surface area contributed by atoms with Gasteiger partial charge < -0.3 is 14.0 Å². The standard InChI is InChI=1S/C15H30O6S.Na/c1-3-9-14(22(17,18)19)10-7-5-4-6-8-11-15(16)21-13-12-20-2;/h14H,3-13H2,1-2H3,(H,17,18,19);/q;+1/p-1. The maximum atomic E-state index is 11.3. The van der Waals surface area contributed by atoms with Crippen LogP contribution in [0.4, 0.5) is 0 Å². The number of carbonyl (C=O) groups is 1. The van der Waals surface area contributed by atoms with E-state index in [2.05, 4.69) is 0 Å². The normalized spacial score (nSPS) is 12.5. The van der Waals surface area contributed by atoms with Crippen molar-refractivity contribution in [1.29, 1.82) is 0 Å². The summed E-state index contributed by atoms with van der Waals surface area (Å²) in [6.07, 6.45) is 6.22. The SMILES string of the molecule is CCCC(CCCCCCCC(=O)OCCOC)S(=O)(=O)[O-].[Na+]. The van der Waals surface area contributed by atoms with Gasteiger partial charge in [-0.15, -0.1) is 0 Å². The number of methoxy groups -OCH3 is 1. The molecule has 0 aliphatic carbocycles. The molecule has 0 aromatic heterocycles. The van der Waals surface area contributed by atoms with E-state index < -0.39 is 15.4 Å². The van der Waals surface area contributed by atoms with Gasteiger partial charge in [0.05, 0.1) is 16.7 Å². The first-order valence-corrected chi connectivity index (χ1v) is 9.48. The first-order chi connectivity index (χ1) is 10.4. The molecule has 0 radical (unpaired) electrons. The monoisotopic (exact) mass is 360 g/mol. The Morgan fingerprint density at radius 1 is 1.04 bits per heavy atom. The van der Waals surface area contributed by atoms with Crippen molar-refractivity contribution >= 4 is 16.1 Å². The van der Waals surface area contributed by atoms with Crippen molar-refractivity contribution in [3.63, 3.8) is 0 Å². The molecule has 0 aliphatic rings. The summed E-state index contributed by atoms with van der Waals surface area (Å²) < 4.78 is 42.9. The molecular formula is C15H29NaO6S. The molecule has 0 rings (SSSR count). The number of hydrogen-bond acceptors (Lipinski definition) is 6. The minimum Gasteiger partial charge on any atom is -0.748 e. The molecule has 0 amide bonds. The molecule has 132 valence electrons. The summed E-state index contributed by atoms with van der Waals surface area (Å²) >= 11 is 0. The van der Waals surface area contributed by atoms with Gasteiger partial charge in [-0.3, -0.25) is 4.79 Å². The molecule has 0 saturated carbocycles. The van der Waals surface area contributed by atoms with Crippen LogP contribution in [-0.2, 0) is 24.4 Å². The zero-order valence-electron chi connectivity index (χ0n) is 14.7. The van der Waals surface area contributed by atoms with Crippen molar-refractivity contribution in [2.75, 3.05) is 20.3 Å². The third-order valence-electron chi connectivity index (χ3n) is 3.48. The zero-order valence-corrected chi connectivity index (χ0v) is 17.5. The smallest absolute Gasteiger partial charge is 0.748 e. The molecule has 0 N–H and O–H groups in total. The summed E-state index contributed by atoms with van der Waals surface area (Å²) in [6.45, 7) is 2.58. The van der Waals surface area contributed by atoms with Gasteiger partial charge in [0.15, 0.2) is 0 Å². The summed E-state index contributed by atoms with van der Waals surface area (Å²) in [7, 11) is -2.62. The Balaban J connectivity index is 0. The molecule has 6 nitrogen and oxygen atoms in total. The van der Waals surface area contributed by atoms with Crippen LogP contribution >= 0.6 is 0 Å². The predicted molar refractivity (Wildman–Crippen MR) is 83.5 cm³/mol. The molecule has 1 unspecified atom stereocenters. The molecule has 0 aliphatic heterocycles. The average molecular weight is 360 g/mol. The molecule has 8 heteroatoms. The molecular weight excluding hydrogens is 331 g/mol. The summed E-state index contributed by atoms with van der Waals surface area (Å²) in [5.41, 5.74) is 0. The Bertz CT molecular complexity index is 385. The molecule has 0 aromatic rings. The van der Waals surface area contributed by atoms with E-state index in [1.54, 1.807) is 7.11 Å². The van der Waals surface area contributed by atoms with Gasteiger partial charge in [0, 0.05) is 18.8 Å². The third kappa shape index (κ3) is 15.6. The third-order valence-corrected chi connectivity index (χ3v) is 4.76. The number of ether oxygens (including phenoxy) is 2. The van der Waals surface area contributed by atoms with Crippen molar-refractivity contribution < 1.29 is 56.8 Å².